The number of aromatic nitrogens is 1. The molecule has 1 fully saturated rings. The van der Waals surface area contributed by atoms with E-state index in [0.29, 0.717) is 17.0 Å². The molecule has 1 saturated carbocycles. The van der Waals surface area contributed by atoms with Crippen molar-refractivity contribution in [3.8, 4) is 5.75 Å². The number of nitrogens with two attached hydrogens (primary N) is 1. The van der Waals surface area contributed by atoms with Crippen molar-refractivity contribution in [1.82, 2.24) is 15.0 Å². The number of methoxy groups -OCH3 is 1. The first kappa shape index (κ1) is 30.0. The highest BCUT2D eigenvalue weighted by Gasteiger charge is 2.37. The number of benzene rings is 2. The molecule has 218 valence electrons. The van der Waals surface area contributed by atoms with Crippen molar-refractivity contribution in [2.45, 2.75) is 77.4 Å². The second kappa shape index (κ2) is 12.7. The molecule has 1 heterocycles. The van der Waals surface area contributed by atoms with Crippen LogP contribution in [0.25, 0.3) is 0 Å². The van der Waals surface area contributed by atoms with Gasteiger partial charge in [-0.05, 0) is 69.8 Å². The lowest BCUT2D eigenvalue weighted by atomic mass is 9.95. The second-order valence-corrected chi connectivity index (χ2v) is 12.3. The first-order chi connectivity index (χ1) is 19.5. The molecular formula is C31H39N5O4S. The molecule has 9 nitrogen and oxygen atoms in total. The average Bonchev–Trinajstić information content (AvgIpc) is 3.33. The van der Waals surface area contributed by atoms with Crippen LogP contribution in [0, 0.1) is 6.92 Å². The fraction of sp³-hybridized carbons (Fsp3) is 0.419. The predicted molar refractivity (Wildman–Crippen MR) is 162 cm³/mol. The Labute approximate surface area is 245 Å². The minimum Gasteiger partial charge on any atom is -0.497 e. The van der Waals surface area contributed by atoms with Crippen LogP contribution in [-0.2, 0) is 4.79 Å². The van der Waals surface area contributed by atoms with E-state index in [0.717, 1.165) is 49.2 Å². The number of carbonyl (C=O) groups is 3. The third-order valence-electron chi connectivity index (χ3n) is 7.03. The Morgan fingerprint density at radius 1 is 1.07 bits per heavy atom. The highest BCUT2D eigenvalue weighted by molar-refractivity contribution is 7.09. The monoisotopic (exact) mass is 577 g/mol. The van der Waals surface area contributed by atoms with Gasteiger partial charge in [-0.1, -0.05) is 55.2 Å². The van der Waals surface area contributed by atoms with Crippen LogP contribution < -0.4 is 26.0 Å². The lowest BCUT2D eigenvalue weighted by molar-refractivity contribution is -0.123. The van der Waals surface area contributed by atoms with Crippen molar-refractivity contribution in [1.29, 1.82) is 0 Å². The van der Waals surface area contributed by atoms with Gasteiger partial charge in [-0.15, -0.1) is 0 Å². The van der Waals surface area contributed by atoms with Crippen LogP contribution in [0.2, 0.25) is 0 Å². The van der Waals surface area contributed by atoms with Gasteiger partial charge in [0.1, 0.15) is 16.7 Å². The molecule has 3 aromatic rings. The molecule has 1 aromatic heterocycles. The van der Waals surface area contributed by atoms with Gasteiger partial charge < -0.3 is 21.1 Å². The summed E-state index contributed by atoms with van der Waals surface area (Å²) < 4.78 is 9.73. The number of nitrogens with one attached hydrogen (secondary N) is 2. The van der Waals surface area contributed by atoms with Crippen LogP contribution in [0.1, 0.15) is 90.2 Å². The summed E-state index contributed by atoms with van der Waals surface area (Å²) >= 11 is 0.857. The van der Waals surface area contributed by atoms with Gasteiger partial charge in [0.2, 0.25) is 5.91 Å². The molecule has 0 aliphatic heterocycles. The highest BCUT2D eigenvalue weighted by Crippen LogP contribution is 2.35. The molecular weight excluding hydrogens is 538 g/mol. The summed E-state index contributed by atoms with van der Waals surface area (Å²) in [6.45, 7) is 7.60. The number of anilines is 2. The molecule has 1 aliphatic rings. The second-order valence-electron chi connectivity index (χ2n) is 11.5. The zero-order valence-electron chi connectivity index (χ0n) is 24.3. The van der Waals surface area contributed by atoms with E-state index in [9.17, 15) is 14.4 Å². The van der Waals surface area contributed by atoms with E-state index in [2.05, 4.69) is 15.0 Å². The summed E-state index contributed by atoms with van der Waals surface area (Å²) in [6.07, 6.45) is 5.11. The molecule has 3 amide bonds. The highest BCUT2D eigenvalue weighted by atomic mass is 32.1. The lowest BCUT2D eigenvalue weighted by Crippen LogP contribution is -2.49. The van der Waals surface area contributed by atoms with Crippen molar-refractivity contribution in [2.75, 3.05) is 17.7 Å². The first-order valence-corrected chi connectivity index (χ1v) is 14.7. The number of aryl methyl sites for hydroxylation is 1. The zero-order chi connectivity index (χ0) is 29.7. The summed E-state index contributed by atoms with van der Waals surface area (Å²) in [5.41, 5.74) is 7.97. The lowest BCUT2D eigenvalue weighted by Gasteiger charge is -2.33. The summed E-state index contributed by atoms with van der Waals surface area (Å²) in [6, 6.07) is 13.4. The first-order valence-electron chi connectivity index (χ1n) is 13.9. The number of rotatable bonds is 8. The minimum absolute atomic E-state index is 0.0000845. The summed E-state index contributed by atoms with van der Waals surface area (Å²) in [4.78, 5) is 42.9. The third-order valence-corrected chi connectivity index (χ3v) is 7.88. The fourth-order valence-electron chi connectivity index (χ4n) is 4.97. The molecule has 0 unspecified atom stereocenters. The Balaban J connectivity index is 1.79. The standard InChI is InChI=1S/C31H39N5O4S/c1-19-14-16-20(17-15-19)26(29(38)34-31(2,3)4)36(22-12-9-13-23(18-22)40-5)30(39)27-24(32)25(35-41-27)28(37)33-21-10-7-6-8-11-21/h9,12-18,21,26H,6-8,10-11,32H2,1-5H3,(H,33,37)(H,34,38)/t26-/m1/s1. The van der Waals surface area contributed by atoms with E-state index in [4.69, 9.17) is 10.5 Å². The maximum Gasteiger partial charge on any atom is 0.273 e. The fourth-order valence-corrected chi connectivity index (χ4v) is 5.71. The Hall–Kier alpha value is -3.92. The van der Waals surface area contributed by atoms with Gasteiger partial charge in [-0.2, -0.15) is 4.37 Å². The van der Waals surface area contributed by atoms with Crippen molar-refractivity contribution in [2.24, 2.45) is 0 Å². The maximum atomic E-state index is 14.4. The number of ether oxygens (including phenoxy) is 1. The Kier molecular flexibility index (Phi) is 9.32. The molecule has 0 radical (unpaired) electrons. The average molecular weight is 578 g/mol. The van der Waals surface area contributed by atoms with Crippen LogP contribution in [0.4, 0.5) is 11.4 Å². The maximum absolute atomic E-state index is 14.4. The van der Waals surface area contributed by atoms with Gasteiger partial charge in [0, 0.05) is 23.3 Å². The van der Waals surface area contributed by atoms with Gasteiger partial charge in [-0.3, -0.25) is 19.3 Å². The van der Waals surface area contributed by atoms with E-state index in [1.807, 2.05) is 52.0 Å². The quantitative estimate of drug-likeness (QED) is 0.329. The predicted octanol–water partition coefficient (Wildman–Crippen LogP) is 5.41. The van der Waals surface area contributed by atoms with E-state index < -0.39 is 23.4 Å². The Morgan fingerprint density at radius 3 is 2.39 bits per heavy atom. The van der Waals surface area contributed by atoms with E-state index in [1.165, 1.54) is 12.0 Å². The molecule has 1 atom stereocenters. The number of carbonyl (C=O) groups excluding carboxylic acids is 3. The molecule has 0 bridgehead atoms. The van der Waals surface area contributed by atoms with Crippen molar-refractivity contribution >= 4 is 40.6 Å². The molecule has 41 heavy (non-hydrogen) atoms. The Bertz CT molecular complexity index is 1390. The number of hydrogen-bond acceptors (Lipinski definition) is 7. The van der Waals surface area contributed by atoms with Gasteiger partial charge >= 0.3 is 0 Å². The summed E-state index contributed by atoms with van der Waals surface area (Å²) in [5, 5.41) is 6.05. The smallest absolute Gasteiger partial charge is 0.273 e. The van der Waals surface area contributed by atoms with Crippen molar-refractivity contribution in [3.63, 3.8) is 0 Å². The SMILES string of the molecule is COc1cccc(N(C(=O)c2snc(C(=O)NC3CCCCC3)c2N)[C@@H](C(=O)NC(C)(C)C)c2ccc(C)cc2)c1. The molecule has 1 aliphatic carbocycles. The van der Waals surface area contributed by atoms with Crippen LogP contribution in [0.15, 0.2) is 48.5 Å². The summed E-state index contributed by atoms with van der Waals surface area (Å²) in [5.74, 6) is -0.780. The van der Waals surface area contributed by atoms with Crippen LogP contribution in [0.3, 0.4) is 0 Å². The topological polar surface area (TPSA) is 127 Å². The van der Waals surface area contributed by atoms with Gasteiger partial charge in [-0.25, -0.2) is 0 Å². The molecule has 0 saturated heterocycles. The molecule has 4 rings (SSSR count). The van der Waals surface area contributed by atoms with E-state index >= 15 is 0 Å². The molecule has 4 N–H and O–H groups in total. The van der Waals surface area contributed by atoms with Crippen LogP contribution in [-0.4, -0.2) is 40.8 Å². The largest absolute Gasteiger partial charge is 0.497 e. The van der Waals surface area contributed by atoms with Crippen LogP contribution in [0.5, 0.6) is 5.75 Å². The van der Waals surface area contributed by atoms with Crippen LogP contribution >= 0.6 is 11.5 Å². The Morgan fingerprint density at radius 2 is 1.76 bits per heavy atom. The molecule has 0 spiro atoms. The molecule has 2 aromatic carbocycles. The van der Waals surface area contributed by atoms with E-state index in [1.54, 1.807) is 24.3 Å². The van der Waals surface area contributed by atoms with Gasteiger partial charge in [0.25, 0.3) is 11.8 Å². The minimum atomic E-state index is -1.05. The van der Waals surface area contributed by atoms with E-state index in [-0.39, 0.29) is 28.2 Å². The van der Waals surface area contributed by atoms with Crippen molar-refractivity contribution < 1.29 is 19.1 Å². The number of nitrogens with zero attached hydrogens (tertiary/aromatic N) is 2. The summed E-state index contributed by atoms with van der Waals surface area (Å²) in [7, 11) is 1.54. The number of nitrogen functional groups attached to an aromatic ring is 1. The normalized spacial score (nSPS) is 14.7. The third kappa shape index (κ3) is 7.24. The molecule has 10 heteroatoms. The zero-order valence-corrected chi connectivity index (χ0v) is 25.1. The number of hydrogen-bond donors (Lipinski definition) is 3. The number of amides is 3. The van der Waals surface area contributed by atoms with Crippen molar-refractivity contribution in [3.05, 3.63) is 70.2 Å². The van der Waals surface area contributed by atoms with Gasteiger partial charge in [0.05, 0.1) is 12.8 Å². The van der Waals surface area contributed by atoms with Gasteiger partial charge in [0.15, 0.2) is 5.69 Å².